The fraction of sp³-hybridized carbons (Fsp3) is 0.200. The average Bonchev–Trinajstić information content (AvgIpc) is 2.74. The second kappa shape index (κ2) is 9.31. The van der Waals surface area contributed by atoms with Crippen molar-refractivity contribution in [2.24, 2.45) is 0 Å². The predicted octanol–water partition coefficient (Wildman–Crippen LogP) is 3.07. The summed E-state index contributed by atoms with van der Waals surface area (Å²) in [6, 6.07) is 14.8. The van der Waals surface area contributed by atoms with Gasteiger partial charge in [0.2, 0.25) is 5.95 Å². The van der Waals surface area contributed by atoms with Gasteiger partial charge in [0.25, 0.3) is 0 Å². The normalized spacial score (nSPS) is 10.2. The SMILES string of the molecule is COC(=O)c1cccc(Nc2nncc(NCCc3ccc(OC)cc3)n2)c1. The molecule has 0 atom stereocenters. The molecule has 28 heavy (non-hydrogen) atoms. The first-order valence-corrected chi connectivity index (χ1v) is 8.70. The zero-order chi connectivity index (χ0) is 19.8. The van der Waals surface area contributed by atoms with Crippen molar-refractivity contribution in [1.29, 1.82) is 0 Å². The second-order valence-electron chi connectivity index (χ2n) is 5.89. The molecular formula is C20H21N5O3. The molecule has 1 heterocycles. The van der Waals surface area contributed by atoms with Crippen LogP contribution in [0.3, 0.4) is 0 Å². The largest absolute Gasteiger partial charge is 0.497 e. The molecule has 0 saturated heterocycles. The van der Waals surface area contributed by atoms with E-state index < -0.39 is 5.97 Å². The number of methoxy groups -OCH3 is 2. The molecule has 8 heteroatoms. The van der Waals surface area contributed by atoms with Crippen LogP contribution in [0.1, 0.15) is 15.9 Å². The summed E-state index contributed by atoms with van der Waals surface area (Å²) in [6.45, 7) is 0.697. The maximum atomic E-state index is 11.6. The highest BCUT2D eigenvalue weighted by Crippen LogP contribution is 2.16. The number of nitrogens with one attached hydrogen (secondary N) is 2. The highest BCUT2D eigenvalue weighted by molar-refractivity contribution is 5.90. The Balaban J connectivity index is 1.58. The Labute approximate surface area is 162 Å². The summed E-state index contributed by atoms with van der Waals surface area (Å²) in [5.74, 6) is 1.37. The third-order valence-electron chi connectivity index (χ3n) is 3.98. The Hall–Kier alpha value is -3.68. The van der Waals surface area contributed by atoms with Gasteiger partial charge in [0, 0.05) is 12.2 Å². The average molecular weight is 379 g/mol. The van der Waals surface area contributed by atoms with Crippen LogP contribution in [0.2, 0.25) is 0 Å². The van der Waals surface area contributed by atoms with Crippen LogP contribution in [0.25, 0.3) is 0 Å². The van der Waals surface area contributed by atoms with Crippen molar-refractivity contribution >= 4 is 23.4 Å². The van der Waals surface area contributed by atoms with E-state index in [4.69, 9.17) is 9.47 Å². The number of esters is 1. The van der Waals surface area contributed by atoms with Gasteiger partial charge in [-0.25, -0.2) is 4.79 Å². The molecular weight excluding hydrogens is 358 g/mol. The van der Waals surface area contributed by atoms with Gasteiger partial charge in [-0.1, -0.05) is 18.2 Å². The minimum absolute atomic E-state index is 0.330. The quantitative estimate of drug-likeness (QED) is 0.576. The maximum absolute atomic E-state index is 11.6. The summed E-state index contributed by atoms with van der Waals surface area (Å²) in [5, 5.41) is 14.2. The van der Waals surface area contributed by atoms with Crippen molar-refractivity contribution in [3.8, 4) is 5.75 Å². The zero-order valence-electron chi connectivity index (χ0n) is 15.7. The molecule has 0 unspecified atom stereocenters. The predicted molar refractivity (Wildman–Crippen MR) is 106 cm³/mol. The summed E-state index contributed by atoms with van der Waals surface area (Å²) in [7, 11) is 2.99. The fourth-order valence-electron chi connectivity index (χ4n) is 2.54. The van der Waals surface area contributed by atoms with E-state index in [1.165, 1.54) is 12.7 Å². The number of carbonyl (C=O) groups is 1. The van der Waals surface area contributed by atoms with E-state index in [9.17, 15) is 4.79 Å². The third-order valence-corrected chi connectivity index (χ3v) is 3.98. The van der Waals surface area contributed by atoms with Crippen LogP contribution in [0.5, 0.6) is 5.75 Å². The molecule has 8 nitrogen and oxygen atoms in total. The molecule has 0 bridgehead atoms. The van der Waals surface area contributed by atoms with Crippen LogP contribution in [-0.4, -0.2) is 41.9 Å². The van der Waals surface area contributed by atoms with E-state index in [0.29, 0.717) is 29.6 Å². The number of benzene rings is 2. The third kappa shape index (κ3) is 5.16. The van der Waals surface area contributed by atoms with E-state index in [2.05, 4.69) is 25.8 Å². The van der Waals surface area contributed by atoms with E-state index in [1.807, 2.05) is 24.3 Å². The van der Waals surface area contributed by atoms with Crippen LogP contribution in [0, 0.1) is 0 Å². The van der Waals surface area contributed by atoms with Gasteiger partial charge >= 0.3 is 5.97 Å². The first-order chi connectivity index (χ1) is 13.7. The number of rotatable bonds is 8. The molecule has 0 saturated carbocycles. The van der Waals surface area contributed by atoms with Crippen LogP contribution >= 0.6 is 0 Å². The first kappa shape index (κ1) is 19.1. The second-order valence-corrected chi connectivity index (χ2v) is 5.89. The molecule has 0 aliphatic heterocycles. The van der Waals surface area contributed by atoms with Crippen LogP contribution in [0.4, 0.5) is 17.5 Å². The monoisotopic (exact) mass is 379 g/mol. The van der Waals surface area contributed by atoms with E-state index in [0.717, 1.165) is 12.2 Å². The van der Waals surface area contributed by atoms with Crippen molar-refractivity contribution in [3.05, 3.63) is 65.9 Å². The number of hydrogen-bond acceptors (Lipinski definition) is 8. The topological polar surface area (TPSA) is 98.3 Å². The molecule has 2 aromatic carbocycles. The number of nitrogens with zero attached hydrogens (tertiary/aromatic N) is 3. The lowest BCUT2D eigenvalue weighted by Crippen LogP contribution is -2.09. The summed E-state index contributed by atoms with van der Waals surface area (Å²) in [5.41, 5.74) is 2.29. The number of anilines is 3. The Kier molecular flexibility index (Phi) is 6.35. The number of hydrogen-bond donors (Lipinski definition) is 2. The van der Waals surface area contributed by atoms with Crippen LogP contribution < -0.4 is 15.4 Å². The van der Waals surface area contributed by atoms with Gasteiger partial charge in [-0.2, -0.15) is 10.1 Å². The molecule has 144 valence electrons. The lowest BCUT2D eigenvalue weighted by molar-refractivity contribution is 0.0601. The summed E-state index contributed by atoms with van der Waals surface area (Å²) < 4.78 is 9.89. The molecule has 0 radical (unpaired) electrons. The number of aromatic nitrogens is 3. The highest BCUT2D eigenvalue weighted by atomic mass is 16.5. The molecule has 1 aromatic heterocycles. The van der Waals surface area contributed by atoms with Crippen molar-refractivity contribution in [1.82, 2.24) is 15.2 Å². The molecule has 0 spiro atoms. The maximum Gasteiger partial charge on any atom is 0.337 e. The van der Waals surface area contributed by atoms with Crippen LogP contribution in [0.15, 0.2) is 54.7 Å². The minimum Gasteiger partial charge on any atom is -0.497 e. The van der Waals surface area contributed by atoms with Crippen LogP contribution in [-0.2, 0) is 11.2 Å². The molecule has 2 N–H and O–H groups in total. The Bertz CT molecular complexity index is 931. The van der Waals surface area contributed by atoms with Crippen molar-refractivity contribution in [2.45, 2.75) is 6.42 Å². The van der Waals surface area contributed by atoms with Gasteiger partial charge in [-0.05, 0) is 42.3 Å². The standard InChI is InChI=1S/C20H21N5O3/c1-27-17-8-6-14(7-9-17)10-11-21-18-13-22-25-20(24-18)23-16-5-3-4-15(12-16)19(26)28-2/h3-9,12-13H,10-11H2,1-2H3,(H2,21,23,24,25). The lowest BCUT2D eigenvalue weighted by Gasteiger charge is -2.09. The van der Waals surface area contributed by atoms with Gasteiger partial charge in [0.05, 0.1) is 26.0 Å². The minimum atomic E-state index is -0.406. The Morgan fingerprint density at radius 1 is 1.11 bits per heavy atom. The van der Waals surface area contributed by atoms with E-state index in [1.54, 1.807) is 37.6 Å². The Morgan fingerprint density at radius 2 is 1.93 bits per heavy atom. The highest BCUT2D eigenvalue weighted by Gasteiger charge is 2.07. The van der Waals surface area contributed by atoms with Crippen molar-refractivity contribution in [2.75, 3.05) is 31.4 Å². The first-order valence-electron chi connectivity index (χ1n) is 8.70. The summed E-state index contributed by atoms with van der Waals surface area (Å²) in [4.78, 5) is 16.0. The van der Waals surface area contributed by atoms with Crippen molar-refractivity contribution in [3.63, 3.8) is 0 Å². The summed E-state index contributed by atoms with van der Waals surface area (Å²) >= 11 is 0. The van der Waals surface area contributed by atoms with Gasteiger partial charge in [-0.15, -0.1) is 5.10 Å². The van der Waals surface area contributed by atoms with E-state index >= 15 is 0 Å². The molecule has 0 aliphatic carbocycles. The molecule has 3 rings (SSSR count). The zero-order valence-corrected chi connectivity index (χ0v) is 15.7. The molecule has 0 fully saturated rings. The molecule has 3 aromatic rings. The number of ether oxygens (including phenoxy) is 2. The van der Waals surface area contributed by atoms with Gasteiger partial charge in [0.15, 0.2) is 5.82 Å². The molecule has 0 aliphatic rings. The lowest BCUT2D eigenvalue weighted by atomic mass is 10.1. The molecule has 0 amide bonds. The van der Waals surface area contributed by atoms with Gasteiger partial charge in [-0.3, -0.25) is 0 Å². The van der Waals surface area contributed by atoms with E-state index in [-0.39, 0.29) is 0 Å². The number of carbonyl (C=O) groups excluding carboxylic acids is 1. The van der Waals surface area contributed by atoms with Crippen molar-refractivity contribution < 1.29 is 14.3 Å². The Morgan fingerprint density at radius 3 is 2.68 bits per heavy atom. The van der Waals surface area contributed by atoms with Gasteiger partial charge < -0.3 is 20.1 Å². The van der Waals surface area contributed by atoms with Gasteiger partial charge in [0.1, 0.15) is 5.75 Å². The summed E-state index contributed by atoms with van der Waals surface area (Å²) in [6.07, 6.45) is 2.39. The fourth-order valence-corrected chi connectivity index (χ4v) is 2.54. The smallest absolute Gasteiger partial charge is 0.337 e.